The Morgan fingerprint density at radius 3 is 1.83 bits per heavy atom. The van der Waals surface area contributed by atoms with Crippen LogP contribution < -0.4 is 0 Å². The minimum atomic E-state index is -0.689. The van der Waals surface area contributed by atoms with Crippen molar-refractivity contribution in [3.63, 3.8) is 0 Å². The monoisotopic (exact) mass is 217 g/mol. The minimum absolute atomic E-state index is 0.459. The van der Waals surface area contributed by atoms with Gasteiger partial charge in [0, 0.05) is 26.5 Å². The summed E-state index contributed by atoms with van der Waals surface area (Å²) in [4.78, 5) is 0. The number of hydrogen-bond acceptors (Lipinski definition) is 1. The molecule has 0 radical (unpaired) electrons. The first-order valence-electron chi connectivity index (χ1n) is 1.78. The van der Waals surface area contributed by atoms with Gasteiger partial charge in [-0.2, -0.15) is 0 Å². The summed E-state index contributed by atoms with van der Waals surface area (Å²) >= 11 is 2.05. The van der Waals surface area contributed by atoms with Crippen LogP contribution in [0.4, 0.5) is 0 Å². The third-order valence-electron chi connectivity index (χ3n) is 0.426. The molecule has 0 heterocycles. The highest BCUT2D eigenvalue weighted by molar-refractivity contribution is 14.2. The van der Waals surface area contributed by atoms with Gasteiger partial charge in [-0.15, -0.1) is 0 Å². The molecule has 0 aromatic rings. The second-order valence-electron chi connectivity index (χ2n) is 1.38. The molecule has 0 bridgehead atoms. The van der Waals surface area contributed by atoms with Gasteiger partial charge in [-0.25, -0.2) is 4.61 Å². The molecular weight excluding hydrogens is 209 g/mol. The highest BCUT2D eigenvalue weighted by Crippen LogP contribution is 2.23. The standard InChI is InChI=1S/C3H8INS/c1-3(2)6(4)5/h3,6H,1-2H3. The molecule has 0 aliphatic heterocycles. The maximum Gasteiger partial charge on any atom is 0.0198 e. The Balaban J connectivity index is 3.36. The van der Waals surface area contributed by atoms with Crippen LogP contribution in [0.3, 0.4) is 0 Å². The summed E-state index contributed by atoms with van der Waals surface area (Å²) in [7, 11) is -0.689. The summed E-state index contributed by atoms with van der Waals surface area (Å²) in [6.45, 7) is 4.02. The molecule has 38 valence electrons. The predicted octanol–water partition coefficient (Wildman–Crippen LogP) is 2.23. The third kappa shape index (κ3) is 3.00. The predicted molar refractivity (Wildman–Crippen MR) is 39.9 cm³/mol. The van der Waals surface area contributed by atoms with Gasteiger partial charge in [0.15, 0.2) is 0 Å². The molecule has 3 heteroatoms. The molecule has 0 saturated heterocycles. The Morgan fingerprint density at radius 1 is 1.67 bits per heavy atom. The van der Waals surface area contributed by atoms with E-state index < -0.39 is 7.70 Å². The fourth-order valence-electron chi connectivity index (χ4n) is 0. The Kier molecular flexibility index (Phi) is 3.26. The zero-order valence-corrected chi connectivity index (χ0v) is 6.90. The first-order valence-corrected chi connectivity index (χ1v) is 5.93. The van der Waals surface area contributed by atoms with Crippen LogP contribution in [0.15, 0.2) is 0 Å². The van der Waals surface area contributed by atoms with Gasteiger partial charge in [0.25, 0.3) is 0 Å². The van der Waals surface area contributed by atoms with Crippen LogP contribution >= 0.6 is 28.9 Å². The molecule has 0 aromatic carbocycles. The van der Waals surface area contributed by atoms with Gasteiger partial charge in [-0.3, -0.25) is 0 Å². The van der Waals surface area contributed by atoms with Gasteiger partial charge >= 0.3 is 0 Å². The zero-order valence-electron chi connectivity index (χ0n) is 3.85. The molecule has 0 fully saturated rings. The molecule has 0 spiro atoms. The topological polar surface area (TPSA) is 23.8 Å². The molecule has 0 aliphatic carbocycles. The summed E-state index contributed by atoms with van der Waals surface area (Å²) in [5, 5.41) is 0.459. The van der Waals surface area contributed by atoms with E-state index in [2.05, 4.69) is 21.2 Å². The number of thiol groups is 1. The molecular formula is C3H8INS. The molecule has 1 nitrogen and oxygen atoms in total. The van der Waals surface area contributed by atoms with Gasteiger partial charge in [-0.1, -0.05) is 13.8 Å². The lowest BCUT2D eigenvalue weighted by atomic mass is 10.6. The number of nitrogens with zero attached hydrogens (tertiary/aromatic N) is 1. The van der Waals surface area contributed by atoms with E-state index in [1.54, 1.807) is 0 Å². The summed E-state index contributed by atoms with van der Waals surface area (Å²) < 4.78 is 8.68. The summed E-state index contributed by atoms with van der Waals surface area (Å²) in [6, 6.07) is 0. The number of hydrogen-bond donors (Lipinski definition) is 1. The average Bonchev–Trinajstić information content (AvgIpc) is 1.36. The van der Waals surface area contributed by atoms with E-state index in [-0.39, 0.29) is 0 Å². The van der Waals surface area contributed by atoms with Gasteiger partial charge in [0.2, 0.25) is 0 Å². The fraction of sp³-hybridized carbons (Fsp3) is 1.00. The normalized spacial score (nSPS) is 15.2. The van der Waals surface area contributed by atoms with Crippen molar-refractivity contribution in [2.75, 3.05) is 0 Å². The Labute approximate surface area is 52.7 Å². The van der Waals surface area contributed by atoms with Crippen molar-refractivity contribution in [3.05, 3.63) is 0 Å². The van der Waals surface area contributed by atoms with Crippen molar-refractivity contribution in [1.82, 2.24) is 0 Å². The van der Waals surface area contributed by atoms with Crippen LogP contribution in [0, 0.1) is 4.61 Å². The van der Waals surface area contributed by atoms with E-state index in [1.165, 1.54) is 0 Å². The lowest BCUT2D eigenvalue weighted by Crippen LogP contribution is -1.78. The van der Waals surface area contributed by atoms with Crippen molar-refractivity contribution in [2.45, 2.75) is 19.1 Å². The minimum Gasteiger partial charge on any atom is -0.223 e. The largest absolute Gasteiger partial charge is 0.223 e. The van der Waals surface area contributed by atoms with Crippen molar-refractivity contribution < 1.29 is 0 Å². The van der Waals surface area contributed by atoms with Gasteiger partial charge < -0.3 is 0 Å². The Bertz CT molecular complexity index is 90.7. The van der Waals surface area contributed by atoms with E-state index in [9.17, 15) is 0 Å². The molecule has 1 atom stereocenters. The molecule has 0 rings (SSSR count). The van der Waals surface area contributed by atoms with E-state index in [1.807, 2.05) is 13.8 Å². The maximum atomic E-state index is 8.68. The van der Waals surface area contributed by atoms with Gasteiger partial charge in [-0.05, 0) is 7.70 Å². The zero-order chi connectivity index (χ0) is 5.15. The third-order valence-corrected chi connectivity index (χ3v) is 4.62. The maximum absolute atomic E-state index is 8.68. The quantitative estimate of drug-likeness (QED) is 0.488. The molecule has 0 amide bonds. The van der Waals surface area contributed by atoms with E-state index in [0.717, 1.165) is 0 Å². The second kappa shape index (κ2) is 2.88. The Morgan fingerprint density at radius 2 is 1.83 bits per heavy atom. The first kappa shape index (κ1) is 6.79. The summed E-state index contributed by atoms with van der Waals surface area (Å²) in [6.07, 6.45) is 0. The lowest BCUT2D eigenvalue weighted by molar-refractivity contribution is 1.12. The molecule has 0 saturated carbocycles. The number of halogens is 1. The fourth-order valence-corrected chi connectivity index (χ4v) is 0. The highest BCUT2D eigenvalue weighted by atomic mass is 127. The molecule has 6 heavy (non-hydrogen) atoms. The van der Waals surface area contributed by atoms with Crippen LogP contribution in [-0.2, 0) is 0 Å². The van der Waals surface area contributed by atoms with Crippen LogP contribution in [0.5, 0.6) is 0 Å². The molecule has 0 aromatic heterocycles. The van der Waals surface area contributed by atoms with Gasteiger partial charge in [0.05, 0.1) is 0 Å². The molecule has 1 unspecified atom stereocenters. The second-order valence-corrected chi connectivity index (χ2v) is 5.96. The van der Waals surface area contributed by atoms with Gasteiger partial charge in [0.1, 0.15) is 0 Å². The van der Waals surface area contributed by atoms with Crippen molar-refractivity contribution in [1.29, 1.82) is 4.61 Å². The lowest BCUT2D eigenvalue weighted by Gasteiger charge is -1.91. The van der Waals surface area contributed by atoms with Crippen molar-refractivity contribution in [2.24, 2.45) is 0 Å². The van der Waals surface area contributed by atoms with Crippen LogP contribution in [0.1, 0.15) is 13.8 Å². The smallest absolute Gasteiger partial charge is 0.0198 e. The summed E-state index contributed by atoms with van der Waals surface area (Å²) in [5.74, 6) is 0. The molecule has 0 aliphatic rings. The molecule has 0 N–H and O–H groups in total. The average molecular weight is 217 g/mol. The highest BCUT2D eigenvalue weighted by Gasteiger charge is 1.88. The van der Waals surface area contributed by atoms with E-state index in [0.29, 0.717) is 5.25 Å². The van der Waals surface area contributed by atoms with Crippen LogP contribution in [-0.4, -0.2) is 5.25 Å². The van der Waals surface area contributed by atoms with Crippen LogP contribution in [0.25, 0.3) is 0 Å². The van der Waals surface area contributed by atoms with E-state index >= 15 is 0 Å². The SMILES string of the molecule is CC(C)[SH](#N)I. The van der Waals surface area contributed by atoms with Crippen molar-refractivity contribution in [3.8, 4) is 0 Å². The summed E-state index contributed by atoms with van der Waals surface area (Å²) in [5.41, 5.74) is 0. The van der Waals surface area contributed by atoms with Crippen molar-refractivity contribution >= 4 is 28.9 Å². The number of rotatable bonds is 0. The van der Waals surface area contributed by atoms with E-state index in [4.69, 9.17) is 4.61 Å². The Hall–Kier alpha value is 0.790. The van der Waals surface area contributed by atoms with Crippen LogP contribution in [0.2, 0.25) is 0 Å². The first-order chi connectivity index (χ1) is 2.64.